The number of fused-ring (bicyclic) bond motifs is 1. The minimum absolute atomic E-state index is 0.0746. The third-order valence-electron chi connectivity index (χ3n) is 2.81. The monoisotopic (exact) mass is 310 g/mol. The maximum Gasteiger partial charge on any atom is 0.227 e. The van der Waals surface area contributed by atoms with Crippen molar-refractivity contribution in [2.24, 2.45) is 5.73 Å². The van der Waals surface area contributed by atoms with Crippen LogP contribution in [-0.4, -0.2) is 42.6 Å². The van der Waals surface area contributed by atoms with E-state index < -0.39 is 0 Å². The first kappa shape index (κ1) is 15.5. The zero-order valence-electron chi connectivity index (χ0n) is 11.5. The highest BCUT2D eigenvalue weighted by Gasteiger charge is 2.20. The second-order valence-electron chi connectivity index (χ2n) is 4.57. The molecular weight excluding hydrogens is 292 g/mol. The summed E-state index contributed by atoms with van der Waals surface area (Å²) in [6.07, 6.45) is 0.157. The van der Waals surface area contributed by atoms with Gasteiger partial charge in [0.25, 0.3) is 0 Å². The number of rotatable bonds is 7. The second-order valence-corrected chi connectivity index (χ2v) is 5.68. The van der Waals surface area contributed by atoms with E-state index in [2.05, 4.69) is 5.32 Å². The Morgan fingerprint density at radius 1 is 1.33 bits per heavy atom. The summed E-state index contributed by atoms with van der Waals surface area (Å²) in [5.41, 5.74) is 5.01. The quantitative estimate of drug-likeness (QED) is 0.718. The largest absolute Gasteiger partial charge is 0.486 e. The zero-order valence-corrected chi connectivity index (χ0v) is 12.4. The number of primary amides is 1. The van der Waals surface area contributed by atoms with Crippen LogP contribution in [0.4, 0.5) is 0 Å². The third-order valence-corrected chi connectivity index (χ3v) is 3.79. The van der Waals surface area contributed by atoms with Gasteiger partial charge in [0, 0.05) is 12.2 Å². The average Bonchev–Trinajstić information content (AvgIpc) is 2.49. The van der Waals surface area contributed by atoms with Crippen LogP contribution in [0, 0.1) is 0 Å². The molecule has 6 nitrogen and oxygen atoms in total. The molecule has 0 aromatic heterocycles. The fourth-order valence-corrected chi connectivity index (χ4v) is 2.49. The molecule has 2 amide bonds. The van der Waals surface area contributed by atoms with E-state index in [1.807, 2.05) is 24.3 Å². The molecule has 1 aliphatic heterocycles. The lowest BCUT2D eigenvalue weighted by atomic mass is 10.2. The normalized spacial score (nSPS) is 16.3. The predicted octanol–water partition coefficient (Wildman–Crippen LogP) is 0.551. The number of hydrogen-bond donors (Lipinski definition) is 2. The molecule has 0 spiro atoms. The Kier molecular flexibility index (Phi) is 5.74. The van der Waals surface area contributed by atoms with Crippen molar-refractivity contribution < 1.29 is 19.1 Å². The molecule has 1 atom stereocenters. The van der Waals surface area contributed by atoms with Crippen molar-refractivity contribution in [2.75, 3.05) is 24.7 Å². The van der Waals surface area contributed by atoms with Crippen LogP contribution in [0.1, 0.15) is 6.42 Å². The number of amides is 2. The van der Waals surface area contributed by atoms with Gasteiger partial charge < -0.3 is 20.5 Å². The molecule has 21 heavy (non-hydrogen) atoms. The summed E-state index contributed by atoms with van der Waals surface area (Å²) in [5.74, 6) is 1.78. The first-order valence-electron chi connectivity index (χ1n) is 6.66. The number of hydrogen-bond acceptors (Lipinski definition) is 5. The van der Waals surface area contributed by atoms with Gasteiger partial charge >= 0.3 is 0 Å². The van der Waals surface area contributed by atoms with Gasteiger partial charge in [0.05, 0.1) is 12.3 Å². The molecule has 7 heteroatoms. The molecule has 0 bridgehead atoms. The van der Waals surface area contributed by atoms with Crippen LogP contribution < -0.4 is 20.5 Å². The molecule has 0 aliphatic carbocycles. The van der Waals surface area contributed by atoms with Gasteiger partial charge in [-0.25, -0.2) is 0 Å². The van der Waals surface area contributed by atoms with Crippen molar-refractivity contribution in [3.63, 3.8) is 0 Å². The van der Waals surface area contributed by atoms with Crippen LogP contribution in [0.15, 0.2) is 24.3 Å². The number of ether oxygens (including phenoxy) is 2. The average molecular weight is 310 g/mol. The Morgan fingerprint density at radius 3 is 2.86 bits per heavy atom. The maximum absolute atomic E-state index is 11.6. The number of nitrogens with one attached hydrogen (secondary N) is 1. The topological polar surface area (TPSA) is 90.7 Å². The number of para-hydroxylation sites is 2. The van der Waals surface area contributed by atoms with Crippen LogP contribution in [0.3, 0.4) is 0 Å². The predicted molar refractivity (Wildman–Crippen MR) is 80.5 cm³/mol. The van der Waals surface area contributed by atoms with Crippen molar-refractivity contribution >= 4 is 23.6 Å². The van der Waals surface area contributed by atoms with Crippen LogP contribution in [-0.2, 0) is 9.59 Å². The van der Waals surface area contributed by atoms with E-state index in [0.717, 1.165) is 5.75 Å². The van der Waals surface area contributed by atoms with Gasteiger partial charge in [0.2, 0.25) is 11.8 Å². The summed E-state index contributed by atoms with van der Waals surface area (Å²) in [7, 11) is 0. The summed E-state index contributed by atoms with van der Waals surface area (Å²) in [5, 5.41) is 2.80. The molecule has 0 fully saturated rings. The Balaban J connectivity index is 1.65. The minimum atomic E-state index is -0.369. The number of nitrogens with two attached hydrogens (primary N) is 1. The number of benzene rings is 1. The van der Waals surface area contributed by atoms with Crippen molar-refractivity contribution in [1.82, 2.24) is 5.32 Å². The van der Waals surface area contributed by atoms with Gasteiger partial charge in [0.15, 0.2) is 11.5 Å². The van der Waals surface area contributed by atoms with Gasteiger partial charge in [-0.2, -0.15) is 11.8 Å². The summed E-state index contributed by atoms with van der Waals surface area (Å²) < 4.78 is 11.3. The van der Waals surface area contributed by atoms with Gasteiger partial charge in [-0.05, 0) is 12.1 Å². The van der Waals surface area contributed by atoms with Crippen molar-refractivity contribution in [2.45, 2.75) is 12.5 Å². The van der Waals surface area contributed by atoms with Crippen LogP contribution in [0.25, 0.3) is 0 Å². The van der Waals surface area contributed by atoms with Gasteiger partial charge in [0.1, 0.15) is 12.7 Å². The summed E-state index contributed by atoms with van der Waals surface area (Å²) in [6.45, 7) is 0.807. The lowest BCUT2D eigenvalue weighted by molar-refractivity contribution is -0.121. The Labute approximate surface area is 127 Å². The molecule has 1 aromatic rings. The fraction of sp³-hybridized carbons (Fsp3) is 0.429. The molecule has 3 N–H and O–H groups in total. The van der Waals surface area contributed by atoms with E-state index >= 15 is 0 Å². The molecular formula is C14H18N2O4S. The summed E-state index contributed by atoms with van der Waals surface area (Å²) in [6, 6.07) is 7.44. The second kappa shape index (κ2) is 7.78. The first-order valence-corrected chi connectivity index (χ1v) is 7.82. The zero-order chi connectivity index (χ0) is 15.1. The molecule has 0 saturated carbocycles. The lowest BCUT2D eigenvalue weighted by Crippen LogP contribution is -2.40. The maximum atomic E-state index is 11.6. The highest BCUT2D eigenvalue weighted by Crippen LogP contribution is 2.30. The highest BCUT2D eigenvalue weighted by atomic mass is 32.2. The van der Waals surface area contributed by atoms with Crippen LogP contribution in [0.5, 0.6) is 11.5 Å². The highest BCUT2D eigenvalue weighted by molar-refractivity contribution is 7.99. The van der Waals surface area contributed by atoms with Crippen molar-refractivity contribution in [3.05, 3.63) is 24.3 Å². The van der Waals surface area contributed by atoms with Crippen LogP contribution >= 0.6 is 11.8 Å². The van der Waals surface area contributed by atoms with E-state index in [9.17, 15) is 9.59 Å². The molecule has 0 unspecified atom stereocenters. The van der Waals surface area contributed by atoms with E-state index in [0.29, 0.717) is 31.1 Å². The minimum Gasteiger partial charge on any atom is -0.486 e. The van der Waals surface area contributed by atoms with E-state index in [1.165, 1.54) is 11.8 Å². The Hall–Kier alpha value is -1.89. The fourth-order valence-electron chi connectivity index (χ4n) is 1.82. The summed E-state index contributed by atoms with van der Waals surface area (Å²) >= 11 is 1.35. The lowest BCUT2D eigenvalue weighted by Gasteiger charge is -2.26. The molecule has 1 heterocycles. The molecule has 1 aromatic carbocycles. The Bertz CT molecular complexity index is 510. The van der Waals surface area contributed by atoms with Gasteiger partial charge in [-0.3, -0.25) is 9.59 Å². The molecule has 1 aliphatic rings. The van der Waals surface area contributed by atoms with Gasteiger partial charge in [-0.15, -0.1) is 0 Å². The molecule has 0 saturated heterocycles. The van der Waals surface area contributed by atoms with Crippen molar-refractivity contribution in [1.29, 1.82) is 0 Å². The first-order chi connectivity index (χ1) is 10.1. The molecule has 0 radical (unpaired) electrons. The molecule has 2 rings (SSSR count). The number of carbonyl (C=O) groups is 2. The van der Waals surface area contributed by atoms with Crippen molar-refractivity contribution in [3.8, 4) is 11.5 Å². The smallest absolute Gasteiger partial charge is 0.227 e. The van der Waals surface area contributed by atoms with E-state index in [4.69, 9.17) is 15.2 Å². The summed E-state index contributed by atoms with van der Waals surface area (Å²) in [4.78, 5) is 22.2. The van der Waals surface area contributed by atoms with E-state index in [-0.39, 0.29) is 23.7 Å². The van der Waals surface area contributed by atoms with Gasteiger partial charge in [-0.1, -0.05) is 12.1 Å². The Morgan fingerprint density at radius 2 is 2.10 bits per heavy atom. The van der Waals surface area contributed by atoms with E-state index in [1.54, 1.807) is 0 Å². The standard InChI is InChI=1S/C14H18N2O4S/c15-13(17)9-21-6-5-14(18)16-7-10-8-19-11-3-1-2-4-12(11)20-10/h1-4,10H,5-9H2,(H2,15,17)(H,16,18)/t10-/m1/s1. The number of carbonyl (C=O) groups excluding carboxylic acids is 2. The molecule has 114 valence electrons. The van der Waals surface area contributed by atoms with Crippen LogP contribution in [0.2, 0.25) is 0 Å². The third kappa shape index (κ3) is 5.18. The SMILES string of the molecule is NC(=O)CSCCC(=O)NC[C@@H]1COc2ccccc2O1. The number of thioether (sulfide) groups is 1.